The van der Waals surface area contributed by atoms with Gasteiger partial charge in [0.1, 0.15) is 11.3 Å². The first-order valence-electron chi connectivity index (χ1n) is 6.37. The normalized spacial score (nSPS) is 9.59. The highest BCUT2D eigenvalue weighted by Crippen LogP contribution is 2.31. The second-order valence-electron chi connectivity index (χ2n) is 4.21. The highest BCUT2D eigenvalue weighted by molar-refractivity contribution is 5.90. The molecule has 0 bridgehead atoms. The fraction of sp³-hybridized carbons (Fsp3) is 0.286. The van der Waals surface area contributed by atoms with Crippen LogP contribution < -0.4 is 4.74 Å². The van der Waals surface area contributed by atoms with Crippen LogP contribution in [-0.2, 0) is 21.4 Å². The maximum Gasteiger partial charge on any atom is 0.308 e. The molecule has 0 radical (unpaired) electrons. The summed E-state index contributed by atoms with van der Waals surface area (Å²) < 4.78 is 10.7. The Balaban J connectivity index is 0.000000422. The van der Waals surface area contributed by atoms with Gasteiger partial charge in [-0.2, -0.15) is 0 Å². The first kappa shape index (κ1) is 17.2. The number of aromatic nitrogens is 1. The summed E-state index contributed by atoms with van der Waals surface area (Å²) in [6, 6.07) is 4.59. The molecule has 1 aromatic heterocycles. The van der Waals surface area contributed by atoms with Crippen molar-refractivity contribution in [3.8, 4) is 5.75 Å². The predicted octanol–water partition coefficient (Wildman–Crippen LogP) is 2.19. The van der Waals surface area contributed by atoms with Crippen molar-refractivity contribution >= 4 is 29.0 Å². The van der Waals surface area contributed by atoms with Crippen molar-refractivity contribution in [2.45, 2.75) is 13.8 Å². The summed E-state index contributed by atoms with van der Waals surface area (Å²) in [5.41, 5.74) is 0.428. The molecule has 2 aromatic rings. The van der Waals surface area contributed by atoms with E-state index in [1.54, 1.807) is 36.9 Å². The summed E-state index contributed by atoms with van der Waals surface area (Å²) >= 11 is 0. The summed E-state index contributed by atoms with van der Waals surface area (Å²) in [5.74, 6) is -0.322. The molecule has 22 heavy (non-hydrogen) atoms. The molecular formula is C14H16N2O6. The SMILES string of the molecule is CC(=O)Oc1cc([N+](=O)[O-])c2c(ccn2C)c1.CCOC=O. The molecule has 1 aromatic carbocycles. The lowest BCUT2D eigenvalue weighted by Gasteiger charge is -2.03. The van der Waals surface area contributed by atoms with E-state index in [0.29, 0.717) is 24.0 Å². The van der Waals surface area contributed by atoms with Crippen LogP contribution in [0.25, 0.3) is 10.9 Å². The number of carbonyl (C=O) groups excluding carboxylic acids is 2. The van der Waals surface area contributed by atoms with Gasteiger partial charge in [0.05, 0.1) is 17.6 Å². The number of hydrogen-bond acceptors (Lipinski definition) is 6. The van der Waals surface area contributed by atoms with E-state index in [2.05, 4.69) is 4.74 Å². The maximum absolute atomic E-state index is 11.0. The Morgan fingerprint density at radius 3 is 2.59 bits per heavy atom. The zero-order chi connectivity index (χ0) is 16.7. The maximum atomic E-state index is 11.0. The first-order valence-corrected chi connectivity index (χ1v) is 6.37. The van der Waals surface area contributed by atoms with Crippen LogP contribution in [0.3, 0.4) is 0 Å². The van der Waals surface area contributed by atoms with E-state index >= 15 is 0 Å². The predicted molar refractivity (Wildman–Crippen MR) is 78.6 cm³/mol. The van der Waals surface area contributed by atoms with Crippen LogP contribution in [0.15, 0.2) is 24.4 Å². The molecule has 0 aliphatic carbocycles. The molecular weight excluding hydrogens is 292 g/mol. The molecule has 8 nitrogen and oxygen atoms in total. The minimum Gasteiger partial charge on any atom is -0.468 e. The highest BCUT2D eigenvalue weighted by Gasteiger charge is 2.17. The summed E-state index contributed by atoms with van der Waals surface area (Å²) in [5, 5.41) is 11.6. The summed E-state index contributed by atoms with van der Waals surface area (Å²) in [6.07, 6.45) is 1.72. The zero-order valence-electron chi connectivity index (χ0n) is 12.4. The number of non-ortho nitro benzene ring substituents is 1. The third-order valence-electron chi connectivity index (χ3n) is 2.62. The molecule has 0 N–H and O–H groups in total. The molecule has 118 valence electrons. The number of fused-ring (bicyclic) bond motifs is 1. The second-order valence-corrected chi connectivity index (χ2v) is 4.21. The van der Waals surface area contributed by atoms with Crippen molar-refractivity contribution in [2.75, 3.05) is 6.61 Å². The molecule has 0 saturated heterocycles. The van der Waals surface area contributed by atoms with Crippen molar-refractivity contribution < 1.29 is 24.0 Å². The fourth-order valence-electron chi connectivity index (χ4n) is 1.82. The molecule has 0 amide bonds. The molecule has 0 saturated carbocycles. The second kappa shape index (κ2) is 7.77. The summed E-state index contributed by atoms with van der Waals surface area (Å²) in [4.78, 5) is 30.5. The van der Waals surface area contributed by atoms with Gasteiger partial charge >= 0.3 is 5.97 Å². The Morgan fingerprint density at radius 1 is 1.45 bits per heavy atom. The third-order valence-corrected chi connectivity index (χ3v) is 2.62. The highest BCUT2D eigenvalue weighted by atomic mass is 16.6. The van der Waals surface area contributed by atoms with Gasteiger partial charge in [0.15, 0.2) is 0 Å². The van der Waals surface area contributed by atoms with Crippen molar-refractivity contribution in [3.05, 3.63) is 34.5 Å². The number of ether oxygens (including phenoxy) is 2. The van der Waals surface area contributed by atoms with Crippen LogP contribution in [0.4, 0.5) is 5.69 Å². The van der Waals surface area contributed by atoms with Crippen LogP contribution in [0.5, 0.6) is 5.75 Å². The number of aryl methyl sites for hydroxylation is 1. The van der Waals surface area contributed by atoms with Crippen LogP contribution in [0.2, 0.25) is 0 Å². The number of esters is 1. The third kappa shape index (κ3) is 4.30. The largest absolute Gasteiger partial charge is 0.468 e. The van der Waals surface area contributed by atoms with E-state index in [9.17, 15) is 19.7 Å². The van der Waals surface area contributed by atoms with Crippen molar-refractivity contribution in [3.63, 3.8) is 0 Å². The lowest BCUT2D eigenvalue weighted by atomic mass is 10.2. The van der Waals surface area contributed by atoms with Crippen LogP contribution in [0, 0.1) is 10.1 Å². The number of hydrogen-bond donors (Lipinski definition) is 0. The van der Waals surface area contributed by atoms with Gasteiger partial charge in [-0.15, -0.1) is 0 Å². The molecule has 1 heterocycles. The zero-order valence-corrected chi connectivity index (χ0v) is 12.4. The van der Waals surface area contributed by atoms with E-state index in [1.807, 2.05) is 0 Å². The first-order chi connectivity index (χ1) is 10.4. The van der Waals surface area contributed by atoms with E-state index in [-0.39, 0.29) is 11.4 Å². The minimum atomic E-state index is -0.505. The Labute approximate surface area is 126 Å². The Morgan fingerprint density at radius 2 is 2.14 bits per heavy atom. The van der Waals surface area contributed by atoms with Gasteiger partial charge in [-0.3, -0.25) is 19.7 Å². The van der Waals surface area contributed by atoms with Gasteiger partial charge in [-0.25, -0.2) is 0 Å². The van der Waals surface area contributed by atoms with Crippen molar-refractivity contribution in [1.82, 2.24) is 4.57 Å². The molecule has 0 atom stereocenters. The Bertz CT molecular complexity index is 692. The monoisotopic (exact) mass is 308 g/mol. The van der Waals surface area contributed by atoms with E-state index in [0.717, 1.165) is 0 Å². The quantitative estimate of drug-likeness (QED) is 0.282. The topological polar surface area (TPSA) is 101 Å². The van der Waals surface area contributed by atoms with E-state index < -0.39 is 10.9 Å². The molecule has 2 rings (SSSR count). The molecule has 0 aliphatic rings. The van der Waals surface area contributed by atoms with Gasteiger partial charge in [0, 0.05) is 25.6 Å². The standard InChI is InChI=1S/C11H10N2O4.C3H6O2/c1-7(14)17-9-5-8-3-4-12(2)11(8)10(6-9)13(15)16;1-2-5-3-4/h3-6H,1-2H3;3H,2H2,1H3. The average Bonchev–Trinajstić information content (AvgIpc) is 2.80. The molecule has 0 aliphatic heterocycles. The Hall–Kier alpha value is -2.90. The van der Waals surface area contributed by atoms with Crippen LogP contribution >= 0.6 is 0 Å². The lowest BCUT2D eigenvalue weighted by Crippen LogP contribution is -2.02. The summed E-state index contributed by atoms with van der Waals surface area (Å²) in [7, 11) is 1.72. The van der Waals surface area contributed by atoms with Gasteiger partial charge in [0.2, 0.25) is 0 Å². The van der Waals surface area contributed by atoms with Gasteiger partial charge < -0.3 is 14.0 Å². The van der Waals surface area contributed by atoms with Crippen LogP contribution in [-0.4, -0.2) is 28.5 Å². The summed E-state index contributed by atoms with van der Waals surface area (Å²) in [6.45, 7) is 3.92. The number of nitro benzene ring substituents is 1. The number of rotatable bonds is 4. The van der Waals surface area contributed by atoms with Crippen LogP contribution in [0.1, 0.15) is 13.8 Å². The molecule has 0 fully saturated rings. The number of carbonyl (C=O) groups is 2. The van der Waals surface area contributed by atoms with Crippen molar-refractivity contribution in [2.24, 2.45) is 7.05 Å². The minimum absolute atomic E-state index is 0.0775. The van der Waals surface area contributed by atoms with Gasteiger partial charge in [-0.1, -0.05) is 0 Å². The smallest absolute Gasteiger partial charge is 0.308 e. The molecule has 8 heteroatoms. The average molecular weight is 308 g/mol. The number of nitrogens with zero attached hydrogens (tertiary/aromatic N) is 2. The van der Waals surface area contributed by atoms with Gasteiger partial charge in [-0.05, 0) is 19.1 Å². The van der Waals surface area contributed by atoms with Crippen molar-refractivity contribution in [1.29, 1.82) is 0 Å². The Kier molecular flexibility index (Phi) is 6.06. The molecule has 0 spiro atoms. The fourth-order valence-corrected chi connectivity index (χ4v) is 1.82. The number of nitro groups is 1. The number of benzene rings is 1. The lowest BCUT2D eigenvalue weighted by molar-refractivity contribution is -0.383. The molecule has 0 unspecified atom stereocenters. The van der Waals surface area contributed by atoms with Gasteiger partial charge in [0.25, 0.3) is 12.2 Å². The van der Waals surface area contributed by atoms with E-state index in [4.69, 9.17) is 4.74 Å². The van der Waals surface area contributed by atoms with E-state index in [1.165, 1.54) is 13.0 Å².